The predicted octanol–water partition coefficient (Wildman–Crippen LogP) is 5.28. The van der Waals surface area contributed by atoms with E-state index in [1.54, 1.807) is 0 Å². The zero-order chi connectivity index (χ0) is 17.5. The van der Waals surface area contributed by atoms with Crippen molar-refractivity contribution in [2.45, 2.75) is 52.2 Å². The lowest BCUT2D eigenvalue weighted by atomic mass is 10.0. The Morgan fingerprint density at radius 1 is 1.25 bits per heavy atom. The highest BCUT2D eigenvalue weighted by molar-refractivity contribution is 9.10. The fourth-order valence-corrected chi connectivity index (χ4v) is 4.08. The monoisotopic (exact) mass is 392 g/mol. The lowest BCUT2D eigenvalue weighted by Crippen LogP contribution is -2.42. The number of amides is 1. The smallest absolute Gasteiger partial charge is 0.410 e. The lowest BCUT2D eigenvalue weighted by molar-refractivity contribution is 0.0189. The number of nitrogens with zero attached hydrogens (tertiary/aromatic N) is 2. The van der Waals surface area contributed by atoms with Gasteiger partial charge in [0.25, 0.3) is 0 Å². The summed E-state index contributed by atoms with van der Waals surface area (Å²) in [5.74, 6) is 0. The number of carbonyl (C=O) groups is 1. The third kappa shape index (κ3) is 3.46. The quantitative estimate of drug-likeness (QED) is 0.660. The van der Waals surface area contributed by atoms with Crippen molar-refractivity contribution in [1.82, 2.24) is 9.47 Å². The molecule has 0 saturated carbocycles. The van der Waals surface area contributed by atoms with Crippen molar-refractivity contribution in [3.63, 3.8) is 0 Å². The van der Waals surface area contributed by atoms with Crippen molar-refractivity contribution < 1.29 is 9.53 Å². The van der Waals surface area contributed by atoms with Crippen molar-refractivity contribution >= 4 is 32.9 Å². The van der Waals surface area contributed by atoms with Crippen LogP contribution in [0.3, 0.4) is 0 Å². The second kappa shape index (κ2) is 6.43. The molecule has 1 saturated heterocycles. The highest BCUT2D eigenvalue weighted by Gasteiger charge is 2.28. The van der Waals surface area contributed by atoms with E-state index in [9.17, 15) is 4.79 Å². The first-order valence-electron chi connectivity index (χ1n) is 8.50. The molecule has 1 aromatic heterocycles. The van der Waals surface area contributed by atoms with Gasteiger partial charge in [-0.25, -0.2) is 4.79 Å². The normalized spacial score (nSPS) is 16.6. The number of benzene rings is 1. The van der Waals surface area contributed by atoms with Crippen molar-refractivity contribution in [3.05, 3.63) is 34.4 Å². The number of fused-ring (bicyclic) bond motifs is 1. The van der Waals surface area contributed by atoms with Gasteiger partial charge in [-0.3, -0.25) is 0 Å². The maximum Gasteiger partial charge on any atom is 0.410 e. The largest absolute Gasteiger partial charge is 0.444 e. The molecular weight excluding hydrogens is 368 g/mol. The first kappa shape index (κ1) is 17.3. The van der Waals surface area contributed by atoms with Gasteiger partial charge in [0, 0.05) is 40.7 Å². The maximum absolute atomic E-state index is 12.2. The number of carbonyl (C=O) groups excluding carboxylic acids is 1. The Morgan fingerprint density at radius 3 is 2.54 bits per heavy atom. The molecule has 0 bridgehead atoms. The number of piperidine rings is 1. The zero-order valence-corrected chi connectivity index (χ0v) is 16.4. The third-order valence-electron chi connectivity index (χ3n) is 4.51. The van der Waals surface area contributed by atoms with Crippen molar-refractivity contribution in [3.8, 4) is 0 Å². The van der Waals surface area contributed by atoms with Crippen LogP contribution in [0.2, 0.25) is 0 Å². The van der Waals surface area contributed by atoms with Gasteiger partial charge in [0.05, 0.1) is 0 Å². The Hall–Kier alpha value is -1.49. The highest BCUT2D eigenvalue weighted by Crippen LogP contribution is 2.33. The summed E-state index contributed by atoms with van der Waals surface area (Å²) in [6, 6.07) is 6.77. The zero-order valence-electron chi connectivity index (χ0n) is 14.8. The number of ether oxygens (including phenoxy) is 1. The number of halogens is 1. The Bertz CT molecular complexity index is 753. The molecule has 2 heterocycles. The van der Waals surface area contributed by atoms with Crippen molar-refractivity contribution in [1.29, 1.82) is 0 Å². The number of hydrogen-bond acceptors (Lipinski definition) is 2. The van der Waals surface area contributed by atoms with Gasteiger partial charge in [-0.1, -0.05) is 22.0 Å². The van der Waals surface area contributed by atoms with Crippen LogP contribution in [-0.4, -0.2) is 34.3 Å². The van der Waals surface area contributed by atoms with Gasteiger partial charge in [0.1, 0.15) is 5.60 Å². The van der Waals surface area contributed by atoms with Crippen LogP contribution in [0.4, 0.5) is 4.79 Å². The summed E-state index contributed by atoms with van der Waals surface area (Å²) < 4.78 is 9.00. The standard InChI is InChI=1S/C19H25BrN2O2/c1-13-12-22(16-7-5-6-15(20)17(13)16)14-8-10-21(11-9-14)18(23)24-19(2,3)4/h5-7,12,14H,8-11H2,1-4H3. The molecule has 1 amide bonds. The fourth-order valence-electron chi connectivity index (χ4n) is 3.42. The summed E-state index contributed by atoms with van der Waals surface area (Å²) in [4.78, 5) is 14.0. The lowest BCUT2D eigenvalue weighted by Gasteiger charge is -2.34. The summed E-state index contributed by atoms with van der Waals surface area (Å²) >= 11 is 3.66. The molecule has 0 aliphatic carbocycles. The maximum atomic E-state index is 12.2. The van der Waals surface area contributed by atoms with Crippen molar-refractivity contribution in [2.75, 3.05) is 13.1 Å². The second-order valence-corrected chi connectivity index (χ2v) is 8.41. The number of rotatable bonds is 1. The van der Waals surface area contributed by atoms with E-state index in [0.29, 0.717) is 6.04 Å². The SMILES string of the molecule is Cc1cn(C2CCN(C(=O)OC(C)(C)C)CC2)c2cccc(Br)c12. The van der Waals surface area contributed by atoms with E-state index in [2.05, 4.69) is 51.8 Å². The Kier molecular flexibility index (Phi) is 4.65. The van der Waals surface area contributed by atoms with Gasteiger partial charge in [-0.2, -0.15) is 0 Å². The van der Waals surface area contributed by atoms with Gasteiger partial charge in [-0.05, 0) is 58.2 Å². The molecule has 3 rings (SSSR count). The molecule has 1 aromatic carbocycles. The van der Waals surface area contributed by atoms with E-state index in [-0.39, 0.29) is 6.09 Å². The van der Waals surface area contributed by atoms with Crippen LogP contribution < -0.4 is 0 Å². The molecule has 4 nitrogen and oxygen atoms in total. The van der Waals surface area contributed by atoms with Crippen LogP contribution in [0, 0.1) is 6.92 Å². The predicted molar refractivity (Wildman–Crippen MR) is 100 cm³/mol. The van der Waals surface area contributed by atoms with Crippen molar-refractivity contribution in [2.24, 2.45) is 0 Å². The molecule has 130 valence electrons. The van der Waals surface area contributed by atoms with Gasteiger partial charge in [0.15, 0.2) is 0 Å². The van der Waals surface area contributed by atoms with E-state index < -0.39 is 5.60 Å². The molecule has 1 aliphatic heterocycles. The molecule has 0 N–H and O–H groups in total. The van der Waals surface area contributed by atoms with E-state index in [1.807, 2.05) is 25.7 Å². The molecule has 1 aliphatic rings. The van der Waals surface area contributed by atoms with Crippen LogP contribution in [0.15, 0.2) is 28.9 Å². The van der Waals surface area contributed by atoms with Crippen LogP contribution >= 0.6 is 15.9 Å². The fraction of sp³-hybridized carbons (Fsp3) is 0.526. The molecule has 0 spiro atoms. The summed E-state index contributed by atoms with van der Waals surface area (Å²) in [5, 5.41) is 1.28. The molecule has 1 fully saturated rings. The molecule has 0 unspecified atom stereocenters. The molecular formula is C19H25BrN2O2. The van der Waals surface area contributed by atoms with Gasteiger partial charge in [0.2, 0.25) is 0 Å². The number of likely N-dealkylation sites (tertiary alicyclic amines) is 1. The van der Waals surface area contributed by atoms with Crippen LogP contribution in [0.5, 0.6) is 0 Å². The minimum Gasteiger partial charge on any atom is -0.444 e. The summed E-state index contributed by atoms with van der Waals surface area (Å²) in [5.41, 5.74) is 2.11. The highest BCUT2D eigenvalue weighted by atomic mass is 79.9. The van der Waals surface area contributed by atoms with Gasteiger partial charge < -0.3 is 14.2 Å². The third-order valence-corrected chi connectivity index (χ3v) is 5.17. The molecule has 0 atom stereocenters. The Morgan fingerprint density at radius 2 is 1.92 bits per heavy atom. The average molecular weight is 393 g/mol. The van der Waals surface area contributed by atoms with Crippen LogP contribution in [0.1, 0.15) is 45.2 Å². The van der Waals surface area contributed by atoms with E-state index >= 15 is 0 Å². The molecule has 5 heteroatoms. The molecule has 0 radical (unpaired) electrons. The Labute approximate surface area is 151 Å². The summed E-state index contributed by atoms with van der Waals surface area (Å²) in [7, 11) is 0. The van der Waals surface area contributed by atoms with Crippen LogP contribution in [-0.2, 0) is 4.74 Å². The van der Waals surface area contributed by atoms with Gasteiger partial charge >= 0.3 is 6.09 Å². The van der Waals surface area contributed by atoms with E-state index in [0.717, 1.165) is 30.4 Å². The first-order valence-corrected chi connectivity index (χ1v) is 9.29. The topological polar surface area (TPSA) is 34.5 Å². The average Bonchev–Trinajstić information content (AvgIpc) is 2.84. The first-order chi connectivity index (χ1) is 11.3. The summed E-state index contributed by atoms with van der Waals surface area (Å²) in [6.45, 7) is 9.36. The summed E-state index contributed by atoms with van der Waals surface area (Å²) in [6.07, 6.45) is 3.95. The number of aromatic nitrogens is 1. The van der Waals surface area contributed by atoms with E-state index in [4.69, 9.17) is 4.74 Å². The number of aryl methyl sites for hydroxylation is 1. The minimum atomic E-state index is -0.437. The van der Waals surface area contributed by atoms with Gasteiger partial charge in [-0.15, -0.1) is 0 Å². The Balaban J connectivity index is 1.74. The van der Waals surface area contributed by atoms with Crippen LogP contribution in [0.25, 0.3) is 10.9 Å². The molecule has 24 heavy (non-hydrogen) atoms. The van der Waals surface area contributed by atoms with E-state index in [1.165, 1.54) is 16.5 Å². The molecule has 2 aromatic rings. The second-order valence-electron chi connectivity index (χ2n) is 7.55. The number of hydrogen-bond donors (Lipinski definition) is 0. The minimum absolute atomic E-state index is 0.197.